The van der Waals surface area contributed by atoms with Gasteiger partial charge >= 0.3 is 0 Å². The first-order valence-corrected chi connectivity index (χ1v) is 10.1. The molecule has 1 saturated heterocycles. The first-order valence-electron chi connectivity index (χ1n) is 8.41. The lowest BCUT2D eigenvalue weighted by molar-refractivity contribution is 0.274. The van der Waals surface area contributed by atoms with Gasteiger partial charge in [0.15, 0.2) is 9.84 Å². The van der Waals surface area contributed by atoms with Gasteiger partial charge in [-0.15, -0.1) is 0 Å². The van der Waals surface area contributed by atoms with Crippen molar-refractivity contribution in [3.05, 3.63) is 29.8 Å². The second-order valence-electron chi connectivity index (χ2n) is 6.52. The smallest absolute Gasteiger partial charge is 0.191 e. The molecular weight excluding hydrogens is 296 g/mol. The second-order valence-corrected chi connectivity index (χ2v) is 8.47. The van der Waals surface area contributed by atoms with Crippen LogP contribution in [-0.4, -0.2) is 45.4 Å². The van der Waals surface area contributed by atoms with Gasteiger partial charge in [0.1, 0.15) is 5.88 Å². The predicted octanol–water partition coefficient (Wildman–Crippen LogP) is 2.37. The molecule has 1 aromatic rings. The Bertz CT molecular complexity index is 571. The SMILES string of the molecule is O=S(=O)(CN1CCNCC1)c1ccc(C2CCCCC2)cc1. The number of benzene rings is 1. The van der Waals surface area contributed by atoms with Crippen molar-refractivity contribution in [3.8, 4) is 0 Å². The molecule has 122 valence electrons. The quantitative estimate of drug-likeness (QED) is 0.924. The summed E-state index contributed by atoms with van der Waals surface area (Å²) in [7, 11) is -3.21. The molecule has 0 spiro atoms. The van der Waals surface area contributed by atoms with Crippen LogP contribution in [0.1, 0.15) is 43.6 Å². The van der Waals surface area contributed by atoms with E-state index in [9.17, 15) is 8.42 Å². The highest BCUT2D eigenvalue weighted by Gasteiger charge is 2.21. The average molecular weight is 322 g/mol. The molecule has 4 nitrogen and oxygen atoms in total. The van der Waals surface area contributed by atoms with Gasteiger partial charge in [0, 0.05) is 26.2 Å². The van der Waals surface area contributed by atoms with Gasteiger partial charge in [0.05, 0.1) is 4.90 Å². The minimum Gasteiger partial charge on any atom is -0.314 e. The molecule has 0 amide bonds. The van der Waals surface area contributed by atoms with Crippen LogP contribution < -0.4 is 5.32 Å². The zero-order chi connectivity index (χ0) is 15.4. The first kappa shape index (κ1) is 16.0. The molecule has 22 heavy (non-hydrogen) atoms. The summed E-state index contributed by atoms with van der Waals surface area (Å²) in [6, 6.07) is 7.67. The zero-order valence-electron chi connectivity index (χ0n) is 13.1. The van der Waals surface area contributed by atoms with E-state index in [2.05, 4.69) is 5.32 Å². The summed E-state index contributed by atoms with van der Waals surface area (Å²) in [6.07, 6.45) is 6.43. The second kappa shape index (κ2) is 7.11. The molecule has 1 aromatic carbocycles. The molecule has 2 fully saturated rings. The lowest BCUT2D eigenvalue weighted by atomic mass is 9.84. The summed E-state index contributed by atoms with van der Waals surface area (Å²) < 4.78 is 25.1. The van der Waals surface area contributed by atoms with Crippen molar-refractivity contribution in [1.82, 2.24) is 10.2 Å². The highest BCUT2D eigenvalue weighted by atomic mass is 32.2. The van der Waals surface area contributed by atoms with Crippen molar-refractivity contribution in [3.63, 3.8) is 0 Å². The third kappa shape index (κ3) is 3.89. The van der Waals surface area contributed by atoms with Crippen LogP contribution in [0.2, 0.25) is 0 Å². The number of sulfone groups is 1. The van der Waals surface area contributed by atoms with E-state index in [0.29, 0.717) is 10.8 Å². The fourth-order valence-electron chi connectivity index (χ4n) is 3.54. The Morgan fingerprint density at radius 3 is 2.27 bits per heavy atom. The molecule has 0 aromatic heterocycles. The number of rotatable bonds is 4. The summed E-state index contributed by atoms with van der Waals surface area (Å²) in [4.78, 5) is 2.48. The Kier molecular flexibility index (Phi) is 5.16. The van der Waals surface area contributed by atoms with Crippen molar-refractivity contribution in [1.29, 1.82) is 0 Å². The molecule has 3 rings (SSSR count). The number of hydrogen-bond acceptors (Lipinski definition) is 4. The predicted molar refractivity (Wildman–Crippen MR) is 88.8 cm³/mol. The van der Waals surface area contributed by atoms with Crippen LogP contribution in [0.25, 0.3) is 0 Å². The van der Waals surface area contributed by atoms with Gasteiger partial charge in [0.25, 0.3) is 0 Å². The summed E-state index contributed by atoms with van der Waals surface area (Å²) in [5.74, 6) is 0.760. The van der Waals surface area contributed by atoms with E-state index in [-0.39, 0.29) is 5.88 Å². The van der Waals surface area contributed by atoms with Crippen molar-refractivity contribution < 1.29 is 8.42 Å². The number of hydrogen-bond donors (Lipinski definition) is 1. The molecular formula is C17H26N2O2S. The first-order chi connectivity index (χ1) is 10.6. The van der Waals surface area contributed by atoms with Crippen molar-refractivity contribution in [2.45, 2.75) is 42.9 Å². The van der Waals surface area contributed by atoms with Crippen LogP contribution in [0.4, 0.5) is 0 Å². The van der Waals surface area contributed by atoms with Gasteiger partial charge in [-0.05, 0) is 36.5 Å². The third-order valence-corrected chi connectivity index (χ3v) is 6.57. The minimum atomic E-state index is -3.21. The minimum absolute atomic E-state index is 0.136. The van der Waals surface area contributed by atoms with Crippen LogP contribution in [0, 0.1) is 0 Å². The van der Waals surface area contributed by atoms with Crippen LogP contribution in [0.5, 0.6) is 0 Å². The standard InChI is InChI=1S/C17H26N2O2S/c20-22(21,14-19-12-10-18-11-13-19)17-8-6-16(7-9-17)15-4-2-1-3-5-15/h6-9,15,18H,1-5,10-14H2. The van der Waals surface area contributed by atoms with Crippen molar-refractivity contribution >= 4 is 9.84 Å². The molecule has 2 aliphatic rings. The van der Waals surface area contributed by atoms with Gasteiger partial charge in [-0.3, -0.25) is 4.90 Å². The molecule has 1 saturated carbocycles. The van der Waals surface area contributed by atoms with Gasteiger partial charge < -0.3 is 5.32 Å². The van der Waals surface area contributed by atoms with E-state index >= 15 is 0 Å². The summed E-state index contributed by atoms with van der Waals surface area (Å²) in [6.45, 7) is 3.35. The monoisotopic (exact) mass is 322 g/mol. The van der Waals surface area contributed by atoms with Gasteiger partial charge in [-0.25, -0.2) is 8.42 Å². The molecule has 1 N–H and O–H groups in total. The lowest BCUT2D eigenvalue weighted by Crippen LogP contribution is -2.45. The maximum Gasteiger partial charge on any atom is 0.191 e. The van der Waals surface area contributed by atoms with E-state index in [1.54, 1.807) is 0 Å². The van der Waals surface area contributed by atoms with Crippen molar-refractivity contribution in [2.24, 2.45) is 0 Å². The molecule has 1 aliphatic heterocycles. The largest absolute Gasteiger partial charge is 0.314 e. The number of nitrogens with zero attached hydrogens (tertiary/aromatic N) is 1. The maximum atomic E-state index is 12.5. The highest BCUT2D eigenvalue weighted by molar-refractivity contribution is 7.91. The lowest BCUT2D eigenvalue weighted by Gasteiger charge is -2.27. The normalized spacial score (nSPS) is 21.8. The Labute approximate surface area is 133 Å². The molecule has 0 atom stereocenters. The summed E-state index contributed by atoms with van der Waals surface area (Å²) in [5, 5.41) is 3.25. The number of piperazine rings is 1. The van der Waals surface area contributed by atoms with Gasteiger partial charge in [-0.2, -0.15) is 0 Å². The topological polar surface area (TPSA) is 49.4 Å². The summed E-state index contributed by atoms with van der Waals surface area (Å²) >= 11 is 0. The van der Waals surface area contributed by atoms with Crippen LogP contribution in [0.15, 0.2) is 29.2 Å². The van der Waals surface area contributed by atoms with E-state index in [1.165, 1.54) is 37.7 Å². The molecule has 1 aliphatic carbocycles. The maximum absolute atomic E-state index is 12.5. The fraction of sp³-hybridized carbons (Fsp3) is 0.647. The fourth-order valence-corrected chi connectivity index (χ4v) is 4.98. The molecule has 1 heterocycles. The van der Waals surface area contributed by atoms with Gasteiger partial charge in [-0.1, -0.05) is 31.4 Å². The molecule has 0 unspecified atom stereocenters. The Morgan fingerprint density at radius 1 is 1.00 bits per heavy atom. The van der Waals surface area contributed by atoms with Crippen LogP contribution in [0.3, 0.4) is 0 Å². The Balaban J connectivity index is 1.68. The van der Waals surface area contributed by atoms with Crippen molar-refractivity contribution in [2.75, 3.05) is 32.1 Å². The van der Waals surface area contributed by atoms with Gasteiger partial charge in [0.2, 0.25) is 0 Å². The third-order valence-electron chi connectivity index (χ3n) is 4.88. The van der Waals surface area contributed by atoms with E-state index < -0.39 is 9.84 Å². The molecule has 0 bridgehead atoms. The highest BCUT2D eigenvalue weighted by Crippen LogP contribution is 2.33. The van der Waals surface area contributed by atoms with Crippen LogP contribution >= 0.6 is 0 Å². The van der Waals surface area contributed by atoms with E-state index in [0.717, 1.165) is 26.2 Å². The molecule has 5 heteroatoms. The number of nitrogens with one attached hydrogen (secondary N) is 1. The van der Waals surface area contributed by atoms with E-state index in [4.69, 9.17) is 0 Å². The Morgan fingerprint density at radius 2 is 1.64 bits per heavy atom. The van der Waals surface area contributed by atoms with Crippen LogP contribution in [-0.2, 0) is 9.84 Å². The Hall–Kier alpha value is -0.910. The average Bonchev–Trinajstić information content (AvgIpc) is 2.56. The van der Waals surface area contributed by atoms with E-state index in [1.807, 2.05) is 29.2 Å². The molecule has 0 radical (unpaired) electrons. The zero-order valence-corrected chi connectivity index (χ0v) is 13.9. The summed E-state index contributed by atoms with van der Waals surface area (Å²) in [5.41, 5.74) is 1.31.